The summed E-state index contributed by atoms with van der Waals surface area (Å²) in [5, 5.41) is 1.02. The molecule has 2 unspecified atom stereocenters. The minimum atomic E-state index is -0.404. The second kappa shape index (κ2) is 10.7. The summed E-state index contributed by atoms with van der Waals surface area (Å²) in [7, 11) is 3.63. The highest BCUT2D eigenvalue weighted by molar-refractivity contribution is 6.00. The summed E-state index contributed by atoms with van der Waals surface area (Å²) in [6.45, 7) is 3.48. The third kappa shape index (κ3) is 4.63. The number of benzene rings is 1. The monoisotopic (exact) mass is 618 g/mol. The Morgan fingerprint density at radius 2 is 1.89 bits per heavy atom. The van der Waals surface area contributed by atoms with Gasteiger partial charge in [0.15, 0.2) is 5.82 Å². The molecule has 5 aromatic rings. The van der Waals surface area contributed by atoms with E-state index < -0.39 is 5.91 Å². The normalized spacial score (nSPS) is 20.7. The fourth-order valence-corrected chi connectivity index (χ4v) is 7.58. The molecule has 3 atom stereocenters. The summed E-state index contributed by atoms with van der Waals surface area (Å²) >= 11 is 0. The number of nitrogens with zero attached hydrogens (tertiary/aromatic N) is 6. The van der Waals surface area contributed by atoms with Gasteiger partial charge in [0.2, 0.25) is 5.91 Å². The number of methoxy groups -OCH3 is 1. The number of likely N-dealkylation sites (tertiary alicyclic amines) is 1. The Morgan fingerprint density at radius 3 is 2.57 bits per heavy atom. The molecule has 3 fully saturated rings. The van der Waals surface area contributed by atoms with Crippen LogP contribution in [0.1, 0.15) is 47.3 Å². The zero-order valence-corrected chi connectivity index (χ0v) is 26.4. The lowest BCUT2D eigenvalue weighted by atomic mass is 10.1. The van der Waals surface area contributed by atoms with Crippen LogP contribution in [0.2, 0.25) is 0 Å². The number of rotatable bonds is 8. The highest BCUT2D eigenvalue weighted by Crippen LogP contribution is 2.40. The highest BCUT2D eigenvalue weighted by atomic mass is 16.5. The lowest BCUT2D eigenvalue weighted by Crippen LogP contribution is -2.41. The second-order valence-corrected chi connectivity index (χ2v) is 13.3. The van der Waals surface area contributed by atoms with Crippen molar-refractivity contribution in [2.75, 3.05) is 13.7 Å². The zero-order chi connectivity index (χ0) is 31.9. The van der Waals surface area contributed by atoms with Gasteiger partial charge in [0, 0.05) is 54.9 Å². The molecule has 3 aliphatic rings. The first kappa shape index (κ1) is 28.7. The number of amides is 2. The van der Waals surface area contributed by atoms with Crippen LogP contribution in [0.5, 0.6) is 5.75 Å². The van der Waals surface area contributed by atoms with Crippen molar-refractivity contribution >= 4 is 33.9 Å². The molecular weight excluding hydrogens is 580 g/mol. The largest absolute Gasteiger partial charge is 0.494 e. The molecule has 1 aliphatic heterocycles. The zero-order valence-electron chi connectivity index (χ0n) is 26.4. The maximum Gasteiger partial charge on any atom is 0.254 e. The van der Waals surface area contributed by atoms with Crippen molar-refractivity contribution in [1.29, 1.82) is 0 Å². The predicted octanol–water partition coefficient (Wildman–Crippen LogP) is 3.97. The third-order valence-corrected chi connectivity index (χ3v) is 10.3. The number of ether oxygens (including phenoxy) is 1. The van der Waals surface area contributed by atoms with Gasteiger partial charge in [-0.15, -0.1) is 0 Å². The lowest BCUT2D eigenvalue weighted by molar-refractivity contribution is -0.117. The Balaban J connectivity index is 1.21. The van der Waals surface area contributed by atoms with Crippen molar-refractivity contribution < 1.29 is 14.3 Å². The first-order valence-corrected chi connectivity index (χ1v) is 16.1. The fourth-order valence-electron chi connectivity index (χ4n) is 7.58. The number of hydrogen-bond acceptors (Lipinski definition) is 7. The smallest absolute Gasteiger partial charge is 0.254 e. The number of pyridine rings is 2. The summed E-state index contributed by atoms with van der Waals surface area (Å²) in [5.41, 5.74) is 19.1. The fraction of sp³-hybridized carbons (Fsp3) is 0.400. The molecule has 0 spiro atoms. The van der Waals surface area contributed by atoms with Crippen LogP contribution in [0.3, 0.4) is 0 Å². The van der Waals surface area contributed by atoms with Gasteiger partial charge >= 0.3 is 0 Å². The number of carbonyl (C=O) groups excluding carboxylic acids is 2. The van der Waals surface area contributed by atoms with Crippen LogP contribution in [-0.4, -0.2) is 66.5 Å². The first-order valence-electron chi connectivity index (χ1n) is 16.1. The summed E-state index contributed by atoms with van der Waals surface area (Å²) < 4.78 is 10.2. The van der Waals surface area contributed by atoms with Gasteiger partial charge in [0.1, 0.15) is 16.9 Å². The van der Waals surface area contributed by atoms with E-state index in [1.165, 1.54) is 12.8 Å². The van der Waals surface area contributed by atoms with Crippen LogP contribution in [-0.2, 0) is 24.8 Å². The summed E-state index contributed by atoms with van der Waals surface area (Å²) in [5.74, 6) is 1.95. The number of aryl methyl sites for hydroxylation is 2. The number of carbonyl (C=O) groups is 2. The molecule has 0 radical (unpaired) electrons. The molecular formula is C35H38N8O3. The maximum absolute atomic E-state index is 13.7. The predicted molar refractivity (Wildman–Crippen MR) is 175 cm³/mol. The Labute approximate surface area is 266 Å². The number of nitrogens with two attached hydrogens (primary N) is 2. The molecule has 236 valence electrons. The van der Waals surface area contributed by atoms with E-state index in [0.29, 0.717) is 40.9 Å². The minimum absolute atomic E-state index is 0.0120. The van der Waals surface area contributed by atoms with Crippen molar-refractivity contribution in [3.8, 4) is 28.5 Å². The number of imidazole rings is 1. The Bertz CT molecular complexity index is 2060. The van der Waals surface area contributed by atoms with E-state index in [-0.39, 0.29) is 24.4 Å². The molecule has 11 heteroatoms. The van der Waals surface area contributed by atoms with Crippen LogP contribution in [0.15, 0.2) is 42.6 Å². The van der Waals surface area contributed by atoms with Gasteiger partial charge < -0.3 is 30.2 Å². The van der Waals surface area contributed by atoms with Crippen molar-refractivity contribution in [3.05, 3.63) is 59.4 Å². The Morgan fingerprint density at radius 1 is 1.07 bits per heavy atom. The average molecular weight is 619 g/mol. The standard InChI is InChI=1S/C35H38N8O3/c1-18-10-23(15-38-25(18)14-30(36)44)24-8-6-20-12-28(42(33(20)39-24)16-19-4-5-19)34-40-26-11-22(13-29(46-3)32(26)41(34)2)35(45)43-17-21-7-9-27(43)31(21)37/h6,8,10-13,15,19,21,27,31H,4-5,7,9,14,16-17,37H2,1-3H3,(H2,36,44)/t21?,27?,31-/m1/s1. The number of hydrogen-bond donors (Lipinski definition) is 2. The van der Waals surface area contributed by atoms with Crippen molar-refractivity contribution in [2.24, 2.45) is 30.4 Å². The van der Waals surface area contributed by atoms with Gasteiger partial charge in [-0.05, 0) is 86.4 Å². The molecule has 4 N–H and O–H groups in total. The van der Waals surface area contributed by atoms with E-state index in [4.69, 9.17) is 26.2 Å². The first-order chi connectivity index (χ1) is 22.2. The quantitative estimate of drug-likeness (QED) is 0.268. The Hall–Kier alpha value is -4.77. The molecule has 46 heavy (non-hydrogen) atoms. The van der Waals surface area contributed by atoms with E-state index in [9.17, 15) is 9.59 Å². The molecule has 1 aromatic carbocycles. The molecule has 2 saturated carbocycles. The van der Waals surface area contributed by atoms with E-state index in [1.807, 2.05) is 43.1 Å². The van der Waals surface area contributed by atoms with Gasteiger partial charge in [-0.25, -0.2) is 9.97 Å². The van der Waals surface area contributed by atoms with Crippen molar-refractivity contribution in [1.82, 2.24) is 29.0 Å². The highest BCUT2D eigenvalue weighted by Gasteiger charge is 2.47. The van der Waals surface area contributed by atoms with Crippen LogP contribution in [0.4, 0.5) is 0 Å². The summed E-state index contributed by atoms with van der Waals surface area (Å²) in [6, 6.07) is 12.1. The van der Waals surface area contributed by atoms with E-state index in [1.54, 1.807) is 13.3 Å². The van der Waals surface area contributed by atoms with Gasteiger partial charge in [-0.3, -0.25) is 14.6 Å². The number of primary amides is 1. The maximum atomic E-state index is 13.7. The van der Waals surface area contributed by atoms with E-state index in [2.05, 4.69) is 26.3 Å². The van der Waals surface area contributed by atoms with E-state index in [0.717, 1.165) is 64.3 Å². The van der Waals surface area contributed by atoms with Gasteiger partial charge in [-0.2, -0.15) is 0 Å². The third-order valence-electron chi connectivity index (χ3n) is 10.3. The van der Waals surface area contributed by atoms with Gasteiger partial charge in [0.05, 0.1) is 36.1 Å². The van der Waals surface area contributed by atoms with Crippen LogP contribution < -0.4 is 16.2 Å². The minimum Gasteiger partial charge on any atom is -0.494 e. The molecule has 2 aliphatic carbocycles. The van der Waals surface area contributed by atoms with Crippen LogP contribution in [0, 0.1) is 18.8 Å². The van der Waals surface area contributed by atoms with Crippen molar-refractivity contribution in [2.45, 2.75) is 57.7 Å². The number of aromatic nitrogens is 5. The molecule has 2 bridgehead atoms. The van der Waals surface area contributed by atoms with Crippen molar-refractivity contribution in [3.63, 3.8) is 0 Å². The molecule has 4 aromatic heterocycles. The average Bonchev–Trinajstić information content (AvgIpc) is 3.45. The number of fused-ring (bicyclic) bond motifs is 4. The molecule has 8 rings (SSSR count). The second-order valence-electron chi connectivity index (χ2n) is 13.3. The van der Waals surface area contributed by atoms with E-state index >= 15 is 0 Å². The van der Waals surface area contributed by atoms with Crippen LogP contribution in [0.25, 0.3) is 44.8 Å². The van der Waals surface area contributed by atoms with Gasteiger partial charge in [-0.1, -0.05) is 0 Å². The number of piperidine rings is 1. The molecule has 1 saturated heterocycles. The molecule has 2 amide bonds. The SMILES string of the molecule is COc1cc(C(=O)N2CC3CCC2[C@@H]3N)cc2nc(-c3cc4ccc(-c5cnc(CC(N)=O)c(C)c5)nc4n3CC3CC3)n(C)c12. The lowest BCUT2D eigenvalue weighted by Gasteiger charge is -2.27. The molecule has 5 heterocycles. The Kier molecular flexibility index (Phi) is 6.64. The van der Waals surface area contributed by atoms with Crippen LogP contribution >= 0.6 is 0 Å². The van der Waals surface area contributed by atoms with Gasteiger partial charge in [0.25, 0.3) is 5.91 Å². The summed E-state index contributed by atoms with van der Waals surface area (Å²) in [6.07, 6.45) is 6.29. The molecule has 11 nitrogen and oxygen atoms in total. The topological polar surface area (TPSA) is 147 Å². The summed E-state index contributed by atoms with van der Waals surface area (Å²) in [4.78, 5) is 41.9.